The van der Waals surface area contributed by atoms with Crippen molar-refractivity contribution in [1.29, 1.82) is 5.26 Å². The van der Waals surface area contributed by atoms with Gasteiger partial charge in [-0.25, -0.2) is 0 Å². The molecule has 2 aromatic carbocycles. The maximum atomic E-state index is 12.4. The van der Waals surface area contributed by atoms with Crippen LogP contribution < -0.4 is 10.1 Å². The first-order valence-electron chi connectivity index (χ1n) is 7.77. The van der Waals surface area contributed by atoms with Crippen LogP contribution in [0.5, 0.6) is 5.75 Å². The molecule has 1 amide bonds. The van der Waals surface area contributed by atoms with E-state index in [4.69, 9.17) is 39.5 Å². The van der Waals surface area contributed by atoms with Gasteiger partial charge in [0, 0.05) is 10.7 Å². The molecule has 0 bridgehead atoms. The van der Waals surface area contributed by atoms with Gasteiger partial charge in [0.05, 0.1) is 10.0 Å². The molecule has 2 rings (SSSR count). The fourth-order valence-corrected chi connectivity index (χ4v) is 2.92. The Hall–Kier alpha value is -2.45. The van der Waals surface area contributed by atoms with Crippen molar-refractivity contribution >= 4 is 52.5 Å². The number of carbonyl (C=O) groups excluding carboxylic acids is 1. The Morgan fingerprint density at radius 2 is 1.89 bits per heavy atom. The number of nitriles is 1. The zero-order valence-corrected chi connectivity index (χ0v) is 16.6. The molecule has 2 aromatic rings. The fraction of sp³-hybridized carbons (Fsp3) is 0.100. The summed E-state index contributed by atoms with van der Waals surface area (Å²) in [5, 5.41) is 13.0. The highest BCUT2D eigenvalue weighted by molar-refractivity contribution is 6.37. The molecule has 0 saturated heterocycles. The first-order valence-corrected chi connectivity index (χ1v) is 8.91. The Balaban J connectivity index is 2.26. The molecule has 138 valence electrons. The van der Waals surface area contributed by atoms with Crippen LogP contribution in [0.1, 0.15) is 11.1 Å². The summed E-state index contributed by atoms with van der Waals surface area (Å²) in [4.78, 5) is 12.4. The third kappa shape index (κ3) is 5.51. The Kier molecular flexibility index (Phi) is 7.32. The first-order chi connectivity index (χ1) is 12.8. The summed E-state index contributed by atoms with van der Waals surface area (Å²) in [6.45, 7) is 5.66. The lowest BCUT2D eigenvalue weighted by atomic mass is 10.1. The van der Waals surface area contributed by atoms with Gasteiger partial charge in [-0.1, -0.05) is 53.5 Å². The molecule has 0 radical (unpaired) electrons. The largest absolute Gasteiger partial charge is 0.486 e. The first kappa shape index (κ1) is 20.9. The Labute approximate surface area is 172 Å². The number of nitrogens with zero attached hydrogens (tertiary/aromatic N) is 1. The minimum atomic E-state index is -0.573. The SMILES string of the molecule is C=CCOc1c(Cl)cc(/C=C(/C#N)C(=O)Nc2ccc(C)c(Cl)c2)cc1Cl. The average molecular weight is 422 g/mol. The predicted octanol–water partition coefficient (Wildman–Crippen LogP) is 6.07. The molecule has 7 heteroatoms. The van der Waals surface area contributed by atoms with E-state index < -0.39 is 5.91 Å². The number of rotatable bonds is 6. The van der Waals surface area contributed by atoms with Crippen molar-refractivity contribution in [1.82, 2.24) is 0 Å². The molecule has 4 nitrogen and oxygen atoms in total. The van der Waals surface area contributed by atoms with Gasteiger partial charge in [-0.05, 0) is 48.4 Å². The highest BCUT2D eigenvalue weighted by atomic mass is 35.5. The van der Waals surface area contributed by atoms with Crippen molar-refractivity contribution in [3.63, 3.8) is 0 Å². The van der Waals surface area contributed by atoms with E-state index in [0.717, 1.165) is 5.56 Å². The van der Waals surface area contributed by atoms with Crippen molar-refractivity contribution in [2.75, 3.05) is 11.9 Å². The Morgan fingerprint density at radius 3 is 2.44 bits per heavy atom. The normalized spacial score (nSPS) is 10.9. The molecular weight excluding hydrogens is 407 g/mol. The number of ether oxygens (including phenoxy) is 1. The number of nitrogens with one attached hydrogen (secondary N) is 1. The van der Waals surface area contributed by atoms with Gasteiger partial charge < -0.3 is 10.1 Å². The second-order valence-electron chi connectivity index (χ2n) is 5.50. The highest BCUT2D eigenvalue weighted by Gasteiger charge is 2.13. The standard InChI is InChI=1S/C20H15Cl3N2O2/c1-3-6-27-19-17(22)8-13(9-18(19)23)7-14(11-24)20(26)25-15-5-4-12(2)16(21)10-15/h3-5,7-10H,1,6H2,2H3,(H,25,26)/b14-7-. The van der Waals surface area contributed by atoms with Crippen molar-refractivity contribution in [3.05, 3.63) is 74.8 Å². The van der Waals surface area contributed by atoms with Crippen molar-refractivity contribution in [2.24, 2.45) is 0 Å². The maximum Gasteiger partial charge on any atom is 0.266 e. The molecule has 0 spiro atoms. The summed E-state index contributed by atoms with van der Waals surface area (Å²) in [6, 6.07) is 10.1. The number of halogens is 3. The predicted molar refractivity (Wildman–Crippen MR) is 111 cm³/mol. The van der Waals surface area contributed by atoms with Crippen molar-refractivity contribution in [3.8, 4) is 11.8 Å². The van der Waals surface area contributed by atoms with Gasteiger partial charge in [0.25, 0.3) is 5.91 Å². The zero-order valence-electron chi connectivity index (χ0n) is 14.4. The van der Waals surface area contributed by atoms with Gasteiger partial charge >= 0.3 is 0 Å². The van der Waals surface area contributed by atoms with E-state index in [1.54, 1.807) is 36.4 Å². The van der Waals surface area contributed by atoms with E-state index in [1.165, 1.54) is 6.08 Å². The summed E-state index contributed by atoms with van der Waals surface area (Å²) in [6.07, 6.45) is 2.95. The third-order valence-corrected chi connectivity index (χ3v) is 4.44. The van der Waals surface area contributed by atoms with E-state index in [1.807, 2.05) is 13.0 Å². The number of benzene rings is 2. The third-order valence-electron chi connectivity index (χ3n) is 3.47. The lowest BCUT2D eigenvalue weighted by molar-refractivity contribution is -0.112. The topological polar surface area (TPSA) is 62.1 Å². The van der Waals surface area contributed by atoms with Crippen LogP contribution in [-0.4, -0.2) is 12.5 Å². The molecule has 0 atom stereocenters. The Bertz CT molecular complexity index is 939. The van der Waals surface area contributed by atoms with Gasteiger partial charge in [0.2, 0.25) is 0 Å². The van der Waals surface area contributed by atoms with Crippen LogP contribution in [0, 0.1) is 18.3 Å². The number of carbonyl (C=O) groups is 1. The molecular formula is C20H15Cl3N2O2. The molecule has 0 saturated carbocycles. The van der Waals surface area contributed by atoms with Crippen LogP contribution >= 0.6 is 34.8 Å². The molecule has 0 fully saturated rings. The summed E-state index contributed by atoms with van der Waals surface area (Å²) >= 11 is 18.4. The quantitative estimate of drug-likeness (QED) is 0.350. The monoisotopic (exact) mass is 420 g/mol. The number of hydrogen-bond donors (Lipinski definition) is 1. The van der Waals surface area contributed by atoms with Crippen LogP contribution in [0.15, 0.2) is 48.6 Å². The molecule has 27 heavy (non-hydrogen) atoms. The second kappa shape index (κ2) is 9.48. The van der Waals surface area contributed by atoms with Gasteiger partial charge in [0.15, 0.2) is 5.75 Å². The number of amides is 1. The van der Waals surface area contributed by atoms with E-state index >= 15 is 0 Å². The summed E-state index contributed by atoms with van der Waals surface area (Å²) in [5.41, 5.74) is 1.75. The van der Waals surface area contributed by atoms with Crippen molar-refractivity contribution < 1.29 is 9.53 Å². The molecule has 0 unspecified atom stereocenters. The highest BCUT2D eigenvalue weighted by Crippen LogP contribution is 2.35. The van der Waals surface area contributed by atoms with Crippen LogP contribution in [0.2, 0.25) is 15.1 Å². The molecule has 0 heterocycles. The van der Waals surface area contributed by atoms with Crippen LogP contribution in [-0.2, 0) is 4.79 Å². The molecule has 0 aromatic heterocycles. The average Bonchev–Trinajstić information content (AvgIpc) is 2.62. The smallest absolute Gasteiger partial charge is 0.266 e. The minimum absolute atomic E-state index is 0.112. The molecule has 0 aliphatic rings. The van der Waals surface area contributed by atoms with E-state index in [2.05, 4.69) is 11.9 Å². The zero-order chi connectivity index (χ0) is 20.0. The van der Waals surface area contributed by atoms with Gasteiger partial charge in [-0.2, -0.15) is 5.26 Å². The number of hydrogen-bond acceptors (Lipinski definition) is 3. The molecule has 1 N–H and O–H groups in total. The van der Waals surface area contributed by atoms with Crippen LogP contribution in [0.4, 0.5) is 5.69 Å². The van der Waals surface area contributed by atoms with Gasteiger partial charge in [-0.3, -0.25) is 4.79 Å². The van der Waals surface area contributed by atoms with Crippen molar-refractivity contribution in [2.45, 2.75) is 6.92 Å². The summed E-state index contributed by atoms with van der Waals surface area (Å²) < 4.78 is 5.39. The van der Waals surface area contributed by atoms with E-state index in [0.29, 0.717) is 22.0 Å². The maximum absolute atomic E-state index is 12.4. The van der Waals surface area contributed by atoms with Gasteiger partial charge in [-0.15, -0.1) is 0 Å². The molecule has 0 aliphatic carbocycles. The van der Waals surface area contributed by atoms with Gasteiger partial charge in [0.1, 0.15) is 18.2 Å². The Morgan fingerprint density at radius 1 is 1.22 bits per heavy atom. The number of anilines is 1. The molecule has 0 aliphatic heterocycles. The van der Waals surface area contributed by atoms with Crippen LogP contribution in [0.25, 0.3) is 6.08 Å². The number of aryl methyl sites for hydroxylation is 1. The fourth-order valence-electron chi connectivity index (χ4n) is 2.13. The lowest BCUT2D eigenvalue weighted by Gasteiger charge is -2.09. The summed E-state index contributed by atoms with van der Waals surface area (Å²) in [5.74, 6) is -0.260. The second-order valence-corrected chi connectivity index (χ2v) is 6.72. The van der Waals surface area contributed by atoms with Crippen LogP contribution in [0.3, 0.4) is 0 Å². The van der Waals surface area contributed by atoms with E-state index in [9.17, 15) is 10.1 Å². The van der Waals surface area contributed by atoms with E-state index in [-0.39, 0.29) is 22.2 Å². The summed E-state index contributed by atoms with van der Waals surface area (Å²) in [7, 11) is 0. The lowest BCUT2D eigenvalue weighted by Crippen LogP contribution is -2.13. The minimum Gasteiger partial charge on any atom is -0.486 e.